The molecule has 0 saturated heterocycles. The van der Waals surface area contributed by atoms with E-state index in [1.807, 2.05) is 0 Å². The minimum atomic E-state index is -4.33. The highest BCUT2D eigenvalue weighted by atomic mass is 79.9. The van der Waals surface area contributed by atoms with Crippen LogP contribution in [0.4, 0.5) is 17.6 Å². The summed E-state index contributed by atoms with van der Waals surface area (Å²) in [5.41, 5.74) is 5.75. The highest BCUT2D eigenvalue weighted by molar-refractivity contribution is 9.10. The number of nitrogens with one attached hydrogen (secondary N) is 1. The average Bonchev–Trinajstić information content (AvgIpc) is 2.22. The predicted octanol–water partition coefficient (Wildman–Crippen LogP) is 2.74. The Kier molecular flexibility index (Phi) is 4.91. The van der Waals surface area contributed by atoms with Crippen LogP contribution >= 0.6 is 15.9 Å². The SMILES string of the molecule is NCC(NCC(F)(F)F)c1cc(F)ccc1Br. The molecule has 0 aromatic heterocycles. The molecule has 0 aliphatic heterocycles. The normalized spacial score (nSPS) is 13.8. The van der Waals surface area contributed by atoms with Gasteiger partial charge >= 0.3 is 6.18 Å². The minimum absolute atomic E-state index is 0.0574. The van der Waals surface area contributed by atoms with E-state index in [0.29, 0.717) is 10.0 Å². The molecule has 0 bridgehead atoms. The van der Waals surface area contributed by atoms with Gasteiger partial charge in [0.25, 0.3) is 0 Å². The van der Waals surface area contributed by atoms with Crippen molar-refractivity contribution in [1.82, 2.24) is 5.32 Å². The van der Waals surface area contributed by atoms with Crippen molar-refractivity contribution in [3.05, 3.63) is 34.1 Å². The molecule has 96 valence electrons. The molecule has 2 nitrogen and oxygen atoms in total. The number of hydrogen-bond acceptors (Lipinski definition) is 2. The molecule has 7 heteroatoms. The summed E-state index contributed by atoms with van der Waals surface area (Å²) in [7, 11) is 0. The first-order valence-corrected chi connectivity index (χ1v) is 5.58. The summed E-state index contributed by atoms with van der Waals surface area (Å²) in [6.07, 6.45) is -4.33. The predicted molar refractivity (Wildman–Crippen MR) is 60.0 cm³/mol. The van der Waals surface area contributed by atoms with Crippen LogP contribution in [0, 0.1) is 5.82 Å². The molecule has 1 rings (SSSR count). The molecule has 17 heavy (non-hydrogen) atoms. The van der Waals surface area contributed by atoms with E-state index in [1.165, 1.54) is 12.1 Å². The maximum atomic E-state index is 13.0. The fraction of sp³-hybridized carbons (Fsp3) is 0.400. The molecule has 0 aliphatic rings. The minimum Gasteiger partial charge on any atom is -0.329 e. The first kappa shape index (κ1) is 14.4. The van der Waals surface area contributed by atoms with Crippen molar-refractivity contribution in [2.45, 2.75) is 12.2 Å². The average molecular weight is 315 g/mol. The number of hydrogen-bond donors (Lipinski definition) is 2. The zero-order valence-electron chi connectivity index (χ0n) is 8.69. The van der Waals surface area contributed by atoms with Crippen molar-refractivity contribution in [3.63, 3.8) is 0 Å². The molecule has 0 amide bonds. The summed E-state index contributed by atoms with van der Waals surface area (Å²) in [6.45, 7) is -1.23. The van der Waals surface area contributed by atoms with Gasteiger partial charge in [-0.25, -0.2) is 4.39 Å². The van der Waals surface area contributed by atoms with Gasteiger partial charge in [0.2, 0.25) is 0 Å². The van der Waals surface area contributed by atoms with Gasteiger partial charge in [-0.2, -0.15) is 13.2 Å². The molecule has 1 atom stereocenters. The highest BCUT2D eigenvalue weighted by Crippen LogP contribution is 2.25. The first-order valence-electron chi connectivity index (χ1n) is 4.78. The Hall–Kier alpha value is -0.660. The van der Waals surface area contributed by atoms with Gasteiger partial charge in [-0.15, -0.1) is 0 Å². The number of nitrogens with two attached hydrogens (primary N) is 1. The molecular formula is C10H11BrF4N2. The summed E-state index contributed by atoms with van der Waals surface area (Å²) in [6, 6.07) is 3.06. The van der Waals surface area contributed by atoms with E-state index in [0.717, 1.165) is 6.07 Å². The lowest BCUT2D eigenvalue weighted by molar-refractivity contribution is -0.126. The Morgan fingerprint density at radius 1 is 1.35 bits per heavy atom. The Balaban J connectivity index is 2.82. The van der Waals surface area contributed by atoms with Crippen LogP contribution in [0.3, 0.4) is 0 Å². The molecule has 1 unspecified atom stereocenters. The summed E-state index contributed by atoms with van der Waals surface area (Å²) in [5.74, 6) is -0.518. The van der Waals surface area contributed by atoms with Gasteiger partial charge in [-0.1, -0.05) is 15.9 Å². The van der Waals surface area contributed by atoms with E-state index in [9.17, 15) is 17.6 Å². The molecule has 1 aromatic carbocycles. The second-order valence-corrected chi connectivity index (χ2v) is 4.30. The van der Waals surface area contributed by atoms with Crippen LogP contribution in [-0.4, -0.2) is 19.3 Å². The third kappa shape index (κ3) is 4.61. The number of halogens is 5. The van der Waals surface area contributed by atoms with Crippen molar-refractivity contribution >= 4 is 15.9 Å². The van der Waals surface area contributed by atoms with Crippen molar-refractivity contribution in [1.29, 1.82) is 0 Å². The molecule has 1 aromatic rings. The largest absolute Gasteiger partial charge is 0.401 e. The Morgan fingerprint density at radius 3 is 2.53 bits per heavy atom. The standard InChI is InChI=1S/C10H11BrF4N2/c11-8-2-1-6(12)3-7(8)9(4-16)17-5-10(13,14)15/h1-3,9,17H,4-5,16H2. The van der Waals surface area contributed by atoms with Crippen LogP contribution in [-0.2, 0) is 0 Å². The molecule has 3 N–H and O–H groups in total. The van der Waals surface area contributed by atoms with E-state index in [1.54, 1.807) is 0 Å². The molecular weight excluding hydrogens is 304 g/mol. The molecule has 0 aliphatic carbocycles. The summed E-state index contributed by atoms with van der Waals surface area (Å²) in [4.78, 5) is 0. The van der Waals surface area contributed by atoms with Crippen LogP contribution < -0.4 is 11.1 Å². The van der Waals surface area contributed by atoms with Crippen molar-refractivity contribution in [2.24, 2.45) is 5.73 Å². The van der Waals surface area contributed by atoms with Crippen molar-refractivity contribution < 1.29 is 17.6 Å². The van der Waals surface area contributed by atoms with Gasteiger partial charge in [0, 0.05) is 17.1 Å². The quantitative estimate of drug-likeness (QED) is 0.839. The smallest absolute Gasteiger partial charge is 0.329 e. The molecule has 0 radical (unpaired) electrons. The number of alkyl halides is 3. The lowest BCUT2D eigenvalue weighted by atomic mass is 10.1. The van der Waals surface area contributed by atoms with E-state index in [4.69, 9.17) is 5.73 Å². The third-order valence-corrected chi connectivity index (χ3v) is 2.84. The van der Waals surface area contributed by atoms with Gasteiger partial charge in [0.15, 0.2) is 0 Å². The zero-order valence-corrected chi connectivity index (χ0v) is 10.3. The second kappa shape index (κ2) is 5.79. The van der Waals surface area contributed by atoms with E-state index in [2.05, 4.69) is 21.2 Å². The van der Waals surface area contributed by atoms with Gasteiger partial charge in [-0.05, 0) is 23.8 Å². The van der Waals surface area contributed by atoms with Crippen LogP contribution in [0.5, 0.6) is 0 Å². The molecule has 0 heterocycles. The molecule has 0 saturated carbocycles. The van der Waals surface area contributed by atoms with Gasteiger partial charge in [-0.3, -0.25) is 0 Å². The second-order valence-electron chi connectivity index (χ2n) is 3.45. The summed E-state index contributed by atoms with van der Waals surface area (Å²) < 4.78 is 49.7. The Morgan fingerprint density at radius 2 is 2.00 bits per heavy atom. The number of rotatable bonds is 4. The molecule has 0 fully saturated rings. The lowest BCUT2D eigenvalue weighted by Crippen LogP contribution is -2.35. The van der Waals surface area contributed by atoms with Crippen LogP contribution in [0.1, 0.15) is 11.6 Å². The van der Waals surface area contributed by atoms with Crippen molar-refractivity contribution in [2.75, 3.05) is 13.1 Å². The lowest BCUT2D eigenvalue weighted by Gasteiger charge is -2.19. The topological polar surface area (TPSA) is 38.0 Å². The van der Waals surface area contributed by atoms with Gasteiger partial charge in [0.1, 0.15) is 5.82 Å². The Bertz CT molecular complexity index is 381. The maximum absolute atomic E-state index is 13.0. The highest BCUT2D eigenvalue weighted by Gasteiger charge is 2.28. The van der Waals surface area contributed by atoms with Gasteiger partial charge in [0.05, 0.1) is 6.54 Å². The van der Waals surface area contributed by atoms with E-state index < -0.39 is 24.6 Å². The monoisotopic (exact) mass is 314 g/mol. The first-order chi connectivity index (χ1) is 7.83. The van der Waals surface area contributed by atoms with E-state index in [-0.39, 0.29) is 6.54 Å². The van der Waals surface area contributed by atoms with Crippen LogP contribution in [0.2, 0.25) is 0 Å². The zero-order chi connectivity index (χ0) is 13.1. The maximum Gasteiger partial charge on any atom is 0.401 e. The Labute approximate surface area is 104 Å². The van der Waals surface area contributed by atoms with Gasteiger partial charge < -0.3 is 11.1 Å². The number of benzene rings is 1. The van der Waals surface area contributed by atoms with Crippen molar-refractivity contribution in [3.8, 4) is 0 Å². The molecule has 0 spiro atoms. The summed E-state index contributed by atoms with van der Waals surface area (Å²) in [5, 5.41) is 2.25. The summed E-state index contributed by atoms with van der Waals surface area (Å²) >= 11 is 3.15. The fourth-order valence-electron chi connectivity index (χ4n) is 1.34. The third-order valence-electron chi connectivity index (χ3n) is 2.12. The van der Waals surface area contributed by atoms with Crippen LogP contribution in [0.15, 0.2) is 22.7 Å². The fourth-order valence-corrected chi connectivity index (χ4v) is 1.86. The van der Waals surface area contributed by atoms with E-state index >= 15 is 0 Å². The van der Waals surface area contributed by atoms with Crippen LogP contribution in [0.25, 0.3) is 0 Å².